The number of rotatable bonds is 3. The zero-order chi connectivity index (χ0) is 14.0. The molecule has 0 fully saturated rings. The molecule has 0 aliphatic heterocycles. The molecule has 0 saturated carbocycles. The van der Waals surface area contributed by atoms with Crippen molar-refractivity contribution >= 4 is 11.3 Å². The lowest BCUT2D eigenvalue weighted by Crippen LogP contribution is -2.14. The molecular weight excluding hydrogens is 256 g/mol. The molecule has 0 bridgehead atoms. The van der Waals surface area contributed by atoms with Gasteiger partial charge in [0.05, 0.1) is 18.8 Å². The maximum absolute atomic E-state index is 6.27. The van der Waals surface area contributed by atoms with Crippen LogP contribution in [0.2, 0.25) is 0 Å². The van der Waals surface area contributed by atoms with E-state index in [0.29, 0.717) is 0 Å². The van der Waals surface area contributed by atoms with Crippen LogP contribution in [0.15, 0.2) is 29.6 Å². The molecule has 2 N–H and O–H groups in total. The van der Waals surface area contributed by atoms with E-state index in [1.54, 1.807) is 18.4 Å². The molecule has 3 nitrogen and oxygen atoms in total. The van der Waals surface area contributed by atoms with Crippen LogP contribution in [0.5, 0.6) is 5.75 Å². The number of thiazole rings is 1. The van der Waals surface area contributed by atoms with Crippen LogP contribution in [0.3, 0.4) is 0 Å². The highest BCUT2D eigenvalue weighted by Crippen LogP contribution is 2.29. The van der Waals surface area contributed by atoms with Crippen molar-refractivity contribution in [2.24, 2.45) is 5.73 Å². The van der Waals surface area contributed by atoms with E-state index in [-0.39, 0.29) is 11.5 Å². The molecule has 1 atom stereocenters. The molecule has 0 amide bonds. The van der Waals surface area contributed by atoms with E-state index in [1.807, 2.05) is 24.3 Å². The molecule has 0 aliphatic carbocycles. The molecule has 0 spiro atoms. The second-order valence-electron chi connectivity index (χ2n) is 5.57. The maximum Gasteiger partial charge on any atom is 0.118 e. The number of aromatic nitrogens is 1. The summed E-state index contributed by atoms with van der Waals surface area (Å²) < 4.78 is 5.15. The highest BCUT2D eigenvalue weighted by atomic mass is 32.1. The Morgan fingerprint density at radius 3 is 2.32 bits per heavy atom. The van der Waals surface area contributed by atoms with E-state index in [2.05, 4.69) is 31.1 Å². The van der Waals surface area contributed by atoms with Gasteiger partial charge in [-0.25, -0.2) is 4.98 Å². The molecular formula is C15H20N2OS. The molecule has 4 heteroatoms. The van der Waals surface area contributed by atoms with Gasteiger partial charge in [-0.2, -0.15) is 0 Å². The number of nitrogens with zero attached hydrogens (tertiary/aromatic N) is 1. The molecule has 102 valence electrons. The van der Waals surface area contributed by atoms with Gasteiger partial charge in [0.15, 0.2) is 0 Å². The zero-order valence-electron chi connectivity index (χ0n) is 11.8. The van der Waals surface area contributed by atoms with Gasteiger partial charge in [0.25, 0.3) is 0 Å². The lowest BCUT2D eigenvalue weighted by atomic mass is 9.93. The summed E-state index contributed by atoms with van der Waals surface area (Å²) in [6.07, 6.45) is 0. The van der Waals surface area contributed by atoms with E-state index < -0.39 is 0 Å². The third kappa shape index (κ3) is 3.14. The minimum Gasteiger partial charge on any atom is -0.497 e. The summed E-state index contributed by atoms with van der Waals surface area (Å²) in [5, 5.41) is 3.05. The molecule has 0 saturated heterocycles. The molecule has 1 aromatic heterocycles. The normalized spacial score (nSPS) is 13.3. The van der Waals surface area contributed by atoms with E-state index in [1.165, 1.54) is 0 Å². The first kappa shape index (κ1) is 14.0. The van der Waals surface area contributed by atoms with Crippen molar-refractivity contribution in [1.29, 1.82) is 0 Å². The summed E-state index contributed by atoms with van der Waals surface area (Å²) in [5.74, 6) is 0.838. The Kier molecular flexibility index (Phi) is 3.92. The Hall–Kier alpha value is -1.39. The van der Waals surface area contributed by atoms with Crippen molar-refractivity contribution in [3.8, 4) is 5.75 Å². The molecule has 1 unspecified atom stereocenters. The lowest BCUT2D eigenvalue weighted by Gasteiger charge is -2.15. The number of nitrogens with two attached hydrogens (primary N) is 1. The van der Waals surface area contributed by atoms with Crippen LogP contribution < -0.4 is 10.5 Å². The van der Waals surface area contributed by atoms with Crippen molar-refractivity contribution < 1.29 is 4.74 Å². The van der Waals surface area contributed by atoms with Gasteiger partial charge in [-0.05, 0) is 17.7 Å². The molecule has 19 heavy (non-hydrogen) atoms. The predicted molar refractivity (Wildman–Crippen MR) is 79.8 cm³/mol. The predicted octanol–water partition coefficient (Wildman–Crippen LogP) is 3.50. The third-order valence-corrected chi connectivity index (χ3v) is 3.96. The number of benzene rings is 1. The molecule has 1 heterocycles. The Morgan fingerprint density at radius 2 is 1.84 bits per heavy atom. The van der Waals surface area contributed by atoms with Gasteiger partial charge >= 0.3 is 0 Å². The van der Waals surface area contributed by atoms with Crippen LogP contribution in [0.1, 0.15) is 43.1 Å². The SMILES string of the molecule is COc1ccc(C(N)c2nc(C(C)(C)C)cs2)cc1. The highest BCUT2D eigenvalue weighted by Gasteiger charge is 2.20. The lowest BCUT2D eigenvalue weighted by molar-refractivity contribution is 0.414. The van der Waals surface area contributed by atoms with Crippen molar-refractivity contribution in [3.05, 3.63) is 45.9 Å². The minimum absolute atomic E-state index is 0.0639. The van der Waals surface area contributed by atoms with Crippen molar-refractivity contribution in [1.82, 2.24) is 4.98 Å². The minimum atomic E-state index is -0.174. The Morgan fingerprint density at radius 1 is 1.21 bits per heavy atom. The average molecular weight is 276 g/mol. The number of methoxy groups -OCH3 is 1. The standard InChI is InChI=1S/C15H20N2OS/c1-15(2,3)12-9-19-14(17-12)13(16)10-5-7-11(18-4)8-6-10/h5-9,13H,16H2,1-4H3. The topological polar surface area (TPSA) is 48.1 Å². The fourth-order valence-electron chi connectivity index (χ4n) is 1.73. The Bertz CT molecular complexity index is 540. The van der Waals surface area contributed by atoms with Crippen LogP contribution >= 0.6 is 11.3 Å². The fourth-order valence-corrected chi connectivity index (χ4v) is 2.80. The van der Waals surface area contributed by atoms with E-state index in [4.69, 9.17) is 10.5 Å². The van der Waals surface area contributed by atoms with Crippen LogP contribution in [-0.2, 0) is 5.41 Å². The number of ether oxygens (including phenoxy) is 1. The summed E-state index contributed by atoms with van der Waals surface area (Å²) in [6, 6.07) is 7.65. The van der Waals surface area contributed by atoms with Gasteiger partial charge in [0.1, 0.15) is 10.8 Å². The van der Waals surface area contributed by atoms with E-state index >= 15 is 0 Å². The molecule has 2 aromatic rings. The highest BCUT2D eigenvalue weighted by molar-refractivity contribution is 7.09. The number of hydrogen-bond acceptors (Lipinski definition) is 4. The van der Waals surface area contributed by atoms with Crippen molar-refractivity contribution in [3.63, 3.8) is 0 Å². The average Bonchev–Trinajstić information content (AvgIpc) is 2.87. The second kappa shape index (κ2) is 5.31. The summed E-state index contributed by atoms with van der Waals surface area (Å²) in [7, 11) is 1.66. The summed E-state index contributed by atoms with van der Waals surface area (Å²) in [5.41, 5.74) is 8.48. The Balaban J connectivity index is 2.23. The summed E-state index contributed by atoms with van der Waals surface area (Å²) in [4.78, 5) is 4.66. The first-order valence-electron chi connectivity index (χ1n) is 6.27. The first-order valence-corrected chi connectivity index (χ1v) is 7.15. The van der Waals surface area contributed by atoms with Crippen LogP contribution in [-0.4, -0.2) is 12.1 Å². The van der Waals surface area contributed by atoms with Crippen molar-refractivity contribution in [2.45, 2.75) is 32.2 Å². The first-order chi connectivity index (χ1) is 8.91. The third-order valence-electron chi connectivity index (χ3n) is 3.03. The van der Waals surface area contributed by atoms with E-state index in [9.17, 15) is 0 Å². The molecule has 0 radical (unpaired) electrons. The van der Waals surface area contributed by atoms with Crippen LogP contribution in [0.4, 0.5) is 0 Å². The van der Waals surface area contributed by atoms with Crippen LogP contribution in [0.25, 0.3) is 0 Å². The molecule has 0 aliphatic rings. The van der Waals surface area contributed by atoms with Gasteiger partial charge in [-0.1, -0.05) is 32.9 Å². The van der Waals surface area contributed by atoms with Crippen LogP contribution in [0, 0.1) is 0 Å². The Labute approximate surface area is 118 Å². The zero-order valence-corrected chi connectivity index (χ0v) is 12.6. The summed E-state index contributed by atoms with van der Waals surface area (Å²) in [6.45, 7) is 6.47. The quantitative estimate of drug-likeness (QED) is 0.933. The number of hydrogen-bond donors (Lipinski definition) is 1. The monoisotopic (exact) mass is 276 g/mol. The maximum atomic E-state index is 6.27. The largest absolute Gasteiger partial charge is 0.497 e. The second-order valence-corrected chi connectivity index (χ2v) is 6.46. The van der Waals surface area contributed by atoms with Gasteiger partial charge in [-0.15, -0.1) is 11.3 Å². The smallest absolute Gasteiger partial charge is 0.118 e. The fraction of sp³-hybridized carbons (Fsp3) is 0.400. The van der Waals surface area contributed by atoms with Gasteiger partial charge < -0.3 is 10.5 Å². The van der Waals surface area contributed by atoms with Gasteiger partial charge in [0.2, 0.25) is 0 Å². The van der Waals surface area contributed by atoms with Gasteiger partial charge in [0, 0.05) is 10.8 Å². The molecule has 2 rings (SSSR count). The van der Waals surface area contributed by atoms with Crippen molar-refractivity contribution in [2.75, 3.05) is 7.11 Å². The van der Waals surface area contributed by atoms with Gasteiger partial charge in [-0.3, -0.25) is 0 Å². The molecule has 1 aromatic carbocycles. The van der Waals surface area contributed by atoms with E-state index in [0.717, 1.165) is 22.0 Å². The summed E-state index contributed by atoms with van der Waals surface area (Å²) >= 11 is 1.62.